The van der Waals surface area contributed by atoms with Gasteiger partial charge in [-0.2, -0.15) is 5.10 Å². The van der Waals surface area contributed by atoms with Gasteiger partial charge in [-0.15, -0.1) is 0 Å². The Hall–Kier alpha value is -0.830. The molecule has 16 heavy (non-hydrogen) atoms. The van der Waals surface area contributed by atoms with Crippen molar-refractivity contribution in [1.82, 2.24) is 15.1 Å². The standard InChI is InChI=1S/C13H23N3/c1-12-8-9-15-16(12)11-10-14-13-6-4-2-3-5-7-13/h8-9,13-14H,2-7,10-11H2,1H3. The average Bonchev–Trinajstić information content (AvgIpc) is 2.55. The van der Waals surface area contributed by atoms with Crippen molar-refractivity contribution in [3.05, 3.63) is 18.0 Å². The fourth-order valence-electron chi connectivity index (χ4n) is 2.49. The molecule has 1 aliphatic carbocycles. The molecule has 2 rings (SSSR count). The minimum atomic E-state index is 0.748. The molecule has 1 aromatic rings. The number of nitrogens with one attached hydrogen (secondary N) is 1. The van der Waals surface area contributed by atoms with Crippen molar-refractivity contribution in [2.45, 2.75) is 58.0 Å². The molecule has 1 N–H and O–H groups in total. The summed E-state index contributed by atoms with van der Waals surface area (Å²) in [6.07, 6.45) is 10.3. The molecule has 0 radical (unpaired) electrons. The molecule has 3 heteroatoms. The quantitative estimate of drug-likeness (QED) is 0.792. The Balaban J connectivity index is 1.69. The van der Waals surface area contributed by atoms with E-state index >= 15 is 0 Å². The predicted octanol–water partition coefficient (Wildman–Crippen LogP) is 2.50. The van der Waals surface area contributed by atoms with Gasteiger partial charge in [0.25, 0.3) is 0 Å². The van der Waals surface area contributed by atoms with Gasteiger partial charge in [0.2, 0.25) is 0 Å². The van der Waals surface area contributed by atoms with Crippen LogP contribution in [-0.2, 0) is 6.54 Å². The van der Waals surface area contributed by atoms with Gasteiger partial charge in [-0.25, -0.2) is 0 Å². The monoisotopic (exact) mass is 221 g/mol. The summed E-state index contributed by atoms with van der Waals surface area (Å²) in [6.45, 7) is 4.15. The fraction of sp³-hybridized carbons (Fsp3) is 0.769. The van der Waals surface area contributed by atoms with E-state index in [0.29, 0.717) is 0 Å². The van der Waals surface area contributed by atoms with Crippen LogP contribution in [0.5, 0.6) is 0 Å². The largest absolute Gasteiger partial charge is 0.312 e. The van der Waals surface area contributed by atoms with Crippen LogP contribution in [0, 0.1) is 6.92 Å². The van der Waals surface area contributed by atoms with Crippen molar-refractivity contribution in [2.24, 2.45) is 0 Å². The Labute approximate surface area is 98.2 Å². The summed E-state index contributed by atoms with van der Waals surface area (Å²) >= 11 is 0. The molecule has 0 spiro atoms. The number of aromatic nitrogens is 2. The SMILES string of the molecule is Cc1ccnn1CCNC1CCCCCC1. The van der Waals surface area contributed by atoms with E-state index < -0.39 is 0 Å². The van der Waals surface area contributed by atoms with E-state index in [1.807, 2.05) is 6.20 Å². The molecule has 1 fully saturated rings. The maximum atomic E-state index is 4.29. The molecular formula is C13H23N3. The van der Waals surface area contributed by atoms with E-state index in [9.17, 15) is 0 Å². The highest BCUT2D eigenvalue weighted by Crippen LogP contribution is 2.16. The van der Waals surface area contributed by atoms with Crippen LogP contribution in [-0.4, -0.2) is 22.4 Å². The van der Waals surface area contributed by atoms with Gasteiger partial charge >= 0.3 is 0 Å². The second kappa shape index (κ2) is 6.04. The van der Waals surface area contributed by atoms with Crippen molar-refractivity contribution in [3.8, 4) is 0 Å². The first-order chi connectivity index (χ1) is 7.86. The van der Waals surface area contributed by atoms with Gasteiger partial charge in [0, 0.05) is 24.5 Å². The van der Waals surface area contributed by atoms with Crippen molar-refractivity contribution in [3.63, 3.8) is 0 Å². The fourth-order valence-corrected chi connectivity index (χ4v) is 2.49. The molecule has 0 bridgehead atoms. The van der Waals surface area contributed by atoms with E-state index in [1.165, 1.54) is 44.2 Å². The Morgan fingerprint density at radius 3 is 2.69 bits per heavy atom. The van der Waals surface area contributed by atoms with Gasteiger partial charge in [0.1, 0.15) is 0 Å². The Morgan fingerprint density at radius 2 is 2.06 bits per heavy atom. The van der Waals surface area contributed by atoms with Crippen molar-refractivity contribution in [1.29, 1.82) is 0 Å². The van der Waals surface area contributed by atoms with Gasteiger partial charge in [-0.3, -0.25) is 4.68 Å². The lowest BCUT2D eigenvalue weighted by Crippen LogP contribution is -2.31. The highest BCUT2D eigenvalue weighted by atomic mass is 15.3. The number of hydrogen-bond acceptors (Lipinski definition) is 2. The van der Waals surface area contributed by atoms with E-state index in [1.54, 1.807) is 0 Å². The maximum absolute atomic E-state index is 4.29. The Bertz CT molecular complexity index is 298. The van der Waals surface area contributed by atoms with Crippen molar-refractivity contribution >= 4 is 0 Å². The molecule has 0 atom stereocenters. The first kappa shape index (κ1) is 11.6. The lowest BCUT2D eigenvalue weighted by atomic mass is 10.1. The third-order valence-corrected chi connectivity index (χ3v) is 3.54. The van der Waals surface area contributed by atoms with Crippen LogP contribution in [0.15, 0.2) is 12.3 Å². The zero-order valence-corrected chi connectivity index (χ0v) is 10.3. The Kier molecular flexibility index (Phi) is 4.40. The highest BCUT2D eigenvalue weighted by molar-refractivity contribution is 4.96. The summed E-state index contributed by atoms with van der Waals surface area (Å²) < 4.78 is 2.07. The van der Waals surface area contributed by atoms with Crippen LogP contribution >= 0.6 is 0 Å². The minimum Gasteiger partial charge on any atom is -0.312 e. The van der Waals surface area contributed by atoms with E-state index in [-0.39, 0.29) is 0 Å². The van der Waals surface area contributed by atoms with Crippen LogP contribution in [0.25, 0.3) is 0 Å². The maximum Gasteiger partial charge on any atom is 0.0537 e. The summed E-state index contributed by atoms with van der Waals surface area (Å²) in [5, 5.41) is 7.96. The lowest BCUT2D eigenvalue weighted by Gasteiger charge is -2.16. The molecule has 3 nitrogen and oxygen atoms in total. The van der Waals surface area contributed by atoms with Gasteiger partial charge in [-0.05, 0) is 25.8 Å². The van der Waals surface area contributed by atoms with E-state index in [4.69, 9.17) is 0 Å². The molecule has 0 amide bonds. The van der Waals surface area contributed by atoms with Gasteiger partial charge in [0.15, 0.2) is 0 Å². The van der Waals surface area contributed by atoms with Crippen molar-refractivity contribution < 1.29 is 0 Å². The third kappa shape index (κ3) is 3.34. The lowest BCUT2D eigenvalue weighted by molar-refractivity contribution is 0.434. The van der Waals surface area contributed by atoms with Gasteiger partial charge < -0.3 is 5.32 Å². The van der Waals surface area contributed by atoms with E-state index in [0.717, 1.165) is 19.1 Å². The summed E-state index contributed by atoms with van der Waals surface area (Å²) in [6, 6.07) is 2.81. The number of nitrogens with zero attached hydrogens (tertiary/aromatic N) is 2. The molecule has 0 unspecified atom stereocenters. The van der Waals surface area contributed by atoms with E-state index in [2.05, 4.69) is 28.1 Å². The average molecular weight is 221 g/mol. The highest BCUT2D eigenvalue weighted by Gasteiger charge is 2.10. The van der Waals surface area contributed by atoms with Crippen LogP contribution in [0.3, 0.4) is 0 Å². The zero-order chi connectivity index (χ0) is 11.2. The molecule has 1 aliphatic rings. The molecule has 1 heterocycles. The summed E-state index contributed by atoms with van der Waals surface area (Å²) in [7, 11) is 0. The first-order valence-corrected chi connectivity index (χ1v) is 6.58. The molecule has 1 saturated carbocycles. The smallest absolute Gasteiger partial charge is 0.0537 e. The predicted molar refractivity (Wildman–Crippen MR) is 66.5 cm³/mol. The second-order valence-corrected chi connectivity index (χ2v) is 4.84. The molecule has 0 aliphatic heterocycles. The second-order valence-electron chi connectivity index (χ2n) is 4.84. The van der Waals surface area contributed by atoms with Gasteiger partial charge in [0.05, 0.1) is 6.54 Å². The topological polar surface area (TPSA) is 29.9 Å². The summed E-state index contributed by atoms with van der Waals surface area (Å²) in [5.74, 6) is 0. The molecule has 90 valence electrons. The van der Waals surface area contributed by atoms with Crippen LogP contribution in [0.4, 0.5) is 0 Å². The van der Waals surface area contributed by atoms with Crippen LogP contribution < -0.4 is 5.32 Å². The first-order valence-electron chi connectivity index (χ1n) is 6.58. The molecule has 0 saturated heterocycles. The summed E-state index contributed by atoms with van der Waals surface area (Å²) in [4.78, 5) is 0. The number of hydrogen-bond donors (Lipinski definition) is 1. The van der Waals surface area contributed by atoms with Gasteiger partial charge in [-0.1, -0.05) is 25.7 Å². The molecule has 1 aromatic heterocycles. The number of aryl methyl sites for hydroxylation is 1. The number of rotatable bonds is 4. The Morgan fingerprint density at radius 1 is 1.31 bits per heavy atom. The minimum absolute atomic E-state index is 0.748. The summed E-state index contributed by atoms with van der Waals surface area (Å²) in [5.41, 5.74) is 1.25. The normalized spacial score (nSPS) is 18.6. The van der Waals surface area contributed by atoms with Crippen LogP contribution in [0.2, 0.25) is 0 Å². The molecular weight excluding hydrogens is 198 g/mol. The zero-order valence-electron chi connectivity index (χ0n) is 10.3. The molecule has 0 aromatic carbocycles. The van der Waals surface area contributed by atoms with Crippen molar-refractivity contribution in [2.75, 3.05) is 6.54 Å². The third-order valence-electron chi connectivity index (χ3n) is 3.54. The van der Waals surface area contributed by atoms with Crippen LogP contribution in [0.1, 0.15) is 44.2 Å².